The molecule has 0 aliphatic rings. The molecule has 0 aliphatic heterocycles. The predicted molar refractivity (Wildman–Crippen MR) is 88.6 cm³/mol. The van der Waals surface area contributed by atoms with Gasteiger partial charge in [-0.15, -0.1) is 0 Å². The van der Waals surface area contributed by atoms with Crippen LogP contribution in [0, 0.1) is 0 Å². The molecule has 4 heteroatoms. The lowest BCUT2D eigenvalue weighted by atomic mass is 10.1. The first-order chi connectivity index (χ1) is 11.2. The van der Waals surface area contributed by atoms with Gasteiger partial charge in [0, 0.05) is 12.4 Å². The number of ether oxygens (including phenoxy) is 2. The molecule has 0 N–H and O–H groups in total. The zero-order chi connectivity index (χ0) is 16.2. The van der Waals surface area contributed by atoms with E-state index in [1.165, 1.54) is 0 Å². The number of rotatable bonds is 4. The van der Waals surface area contributed by atoms with Crippen molar-refractivity contribution in [3.8, 4) is 5.75 Å². The molecule has 3 aromatic rings. The van der Waals surface area contributed by atoms with Gasteiger partial charge in [0.05, 0.1) is 12.7 Å². The standard InChI is InChI=1S/C19H17NO3/c1-13(14-7-9-20-10-8-14)23-19(21)17-4-3-16-12-18(22-2)6-5-15(16)11-17/h3-13H,1-2H3/t13-/m0/s1. The molecule has 0 unspecified atom stereocenters. The van der Waals surface area contributed by atoms with Crippen LogP contribution >= 0.6 is 0 Å². The summed E-state index contributed by atoms with van der Waals surface area (Å²) in [5.74, 6) is 0.450. The Hall–Kier alpha value is -2.88. The lowest BCUT2D eigenvalue weighted by Gasteiger charge is -2.13. The molecule has 3 rings (SSSR count). The number of esters is 1. The van der Waals surface area contributed by atoms with Crippen LogP contribution in [-0.2, 0) is 4.74 Å². The number of nitrogens with zero attached hydrogens (tertiary/aromatic N) is 1. The average molecular weight is 307 g/mol. The lowest BCUT2D eigenvalue weighted by Crippen LogP contribution is -2.09. The van der Waals surface area contributed by atoms with Crippen molar-refractivity contribution in [3.05, 3.63) is 72.1 Å². The van der Waals surface area contributed by atoms with Crippen molar-refractivity contribution in [1.82, 2.24) is 4.98 Å². The van der Waals surface area contributed by atoms with Crippen LogP contribution in [0.3, 0.4) is 0 Å². The van der Waals surface area contributed by atoms with E-state index in [0.29, 0.717) is 5.56 Å². The molecule has 1 atom stereocenters. The highest BCUT2D eigenvalue weighted by molar-refractivity contribution is 5.95. The van der Waals surface area contributed by atoms with Crippen LogP contribution in [0.5, 0.6) is 5.75 Å². The first-order valence-electron chi connectivity index (χ1n) is 7.36. The zero-order valence-corrected chi connectivity index (χ0v) is 13.0. The number of benzene rings is 2. The minimum Gasteiger partial charge on any atom is -0.497 e. The fourth-order valence-electron chi connectivity index (χ4n) is 2.41. The van der Waals surface area contributed by atoms with Crippen LogP contribution in [0.4, 0.5) is 0 Å². The summed E-state index contributed by atoms with van der Waals surface area (Å²) < 4.78 is 10.7. The number of fused-ring (bicyclic) bond motifs is 1. The third-order valence-corrected chi connectivity index (χ3v) is 3.74. The molecule has 0 fully saturated rings. The number of pyridine rings is 1. The molecular weight excluding hydrogens is 290 g/mol. The van der Waals surface area contributed by atoms with E-state index in [1.54, 1.807) is 25.6 Å². The summed E-state index contributed by atoms with van der Waals surface area (Å²) in [5.41, 5.74) is 1.45. The van der Waals surface area contributed by atoms with Gasteiger partial charge in [-0.1, -0.05) is 12.1 Å². The monoisotopic (exact) mass is 307 g/mol. The van der Waals surface area contributed by atoms with Gasteiger partial charge in [0.25, 0.3) is 0 Å². The normalized spacial score (nSPS) is 11.9. The van der Waals surface area contributed by atoms with E-state index < -0.39 is 0 Å². The Balaban J connectivity index is 1.81. The summed E-state index contributed by atoms with van der Waals surface area (Å²) in [6, 6.07) is 14.9. The minimum absolute atomic E-state index is 0.322. The second-order valence-corrected chi connectivity index (χ2v) is 5.26. The van der Waals surface area contributed by atoms with Gasteiger partial charge < -0.3 is 9.47 Å². The topological polar surface area (TPSA) is 48.4 Å². The van der Waals surface area contributed by atoms with Gasteiger partial charge in [0.15, 0.2) is 0 Å². The largest absolute Gasteiger partial charge is 0.497 e. The van der Waals surface area contributed by atoms with E-state index in [0.717, 1.165) is 22.1 Å². The van der Waals surface area contributed by atoms with E-state index in [1.807, 2.05) is 49.4 Å². The van der Waals surface area contributed by atoms with E-state index in [4.69, 9.17) is 9.47 Å². The lowest BCUT2D eigenvalue weighted by molar-refractivity contribution is 0.0338. The number of methoxy groups -OCH3 is 1. The first kappa shape index (κ1) is 15.0. The molecule has 0 amide bonds. The van der Waals surface area contributed by atoms with Gasteiger partial charge in [0.1, 0.15) is 11.9 Å². The number of carbonyl (C=O) groups excluding carboxylic acids is 1. The second kappa shape index (κ2) is 6.48. The van der Waals surface area contributed by atoms with Crippen molar-refractivity contribution in [1.29, 1.82) is 0 Å². The maximum absolute atomic E-state index is 12.3. The highest BCUT2D eigenvalue weighted by Crippen LogP contribution is 2.23. The Labute approximate surface area is 134 Å². The summed E-state index contributed by atoms with van der Waals surface area (Å²) in [4.78, 5) is 16.3. The highest BCUT2D eigenvalue weighted by Gasteiger charge is 2.14. The Morgan fingerprint density at radius 1 is 1.00 bits per heavy atom. The maximum atomic E-state index is 12.3. The zero-order valence-electron chi connectivity index (χ0n) is 13.0. The Morgan fingerprint density at radius 3 is 2.43 bits per heavy atom. The first-order valence-corrected chi connectivity index (χ1v) is 7.36. The van der Waals surface area contributed by atoms with Gasteiger partial charge in [-0.3, -0.25) is 4.98 Å². The molecule has 0 saturated carbocycles. The van der Waals surface area contributed by atoms with Gasteiger partial charge in [0.2, 0.25) is 0 Å². The third kappa shape index (κ3) is 3.31. The number of hydrogen-bond donors (Lipinski definition) is 0. The Morgan fingerprint density at radius 2 is 1.70 bits per heavy atom. The second-order valence-electron chi connectivity index (χ2n) is 5.26. The number of aromatic nitrogens is 1. The smallest absolute Gasteiger partial charge is 0.338 e. The molecule has 0 bridgehead atoms. The van der Waals surface area contributed by atoms with Crippen LogP contribution < -0.4 is 4.74 Å². The fraction of sp³-hybridized carbons (Fsp3) is 0.158. The van der Waals surface area contributed by atoms with Crippen LogP contribution in [0.2, 0.25) is 0 Å². The SMILES string of the molecule is COc1ccc2cc(C(=O)O[C@@H](C)c3ccncc3)ccc2c1. The van der Waals surface area contributed by atoms with Crippen molar-refractivity contribution in [2.45, 2.75) is 13.0 Å². The number of hydrogen-bond acceptors (Lipinski definition) is 4. The highest BCUT2D eigenvalue weighted by atomic mass is 16.5. The molecule has 0 aliphatic carbocycles. The van der Waals surface area contributed by atoms with Crippen LogP contribution in [0.25, 0.3) is 10.8 Å². The molecule has 0 spiro atoms. The van der Waals surface area contributed by atoms with E-state index >= 15 is 0 Å². The summed E-state index contributed by atoms with van der Waals surface area (Å²) in [5, 5.41) is 1.99. The van der Waals surface area contributed by atoms with Crippen molar-refractivity contribution in [2.24, 2.45) is 0 Å². The summed E-state index contributed by atoms with van der Waals surface area (Å²) in [6.45, 7) is 1.85. The van der Waals surface area contributed by atoms with Gasteiger partial charge in [-0.05, 0) is 59.7 Å². The van der Waals surface area contributed by atoms with Gasteiger partial charge >= 0.3 is 5.97 Å². The van der Waals surface area contributed by atoms with Crippen LogP contribution in [-0.4, -0.2) is 18.1 Å². The fourth-order valence-corrected chi connectivity index (χ4v) is 2.41. The molecule has 23 heavy (non-hydrogen) atoms. The van der Waals surface area contributed by atoms with E-state index in [2.05, 4.69) is 4.98 Å². The molecule has 1 aromatic heterocycles. The molecular formula is C19H17NO3. The molecule has 4 nitrogen and oxygen atoms in total. The van der Waals surface area contributed by atoms with Gasteiger partial charge in [-0.2, -0.15) is 0 Å². The van der Waals surface area contributed by atoms with Crippen molar-refractivity contribution in [2.75, 3.05) is 7.11 Å². The summed E-state index contributed by atoms with van der Waals surface area (Å²) >= 11 is 0. The molecule has 116 valence electrons. The molecule has 2 aromatic carbocycles. The predicted octanol–water partition coefficient (Wildman–Crippen LogP) is 4.16. The van der Waals surface area contributed by atoms with E-state index in [9.17, 15) is 4.79 Å². The summed E-state index contributed by atoms with van der Waals surface area (Å²) in [6.07, 6.45) is 3.05. The maximum Gasteiger partial charge on any atom is 0.338 e. The van der Waals surface area contributed by atoms with Crippen molar-refractivity contribution >= 4 is 16.7 Å². The van der Waals surface area contributed by atoms with Gasteiger partial charge in [-0.25, -0.2) is 4.79 Å². The summed E-state index contributed by atoms with van der Waals surface area (Å²) in [7, 11) is 1.63. The third-order valence-electron chi connectivity index (χ3n) is 3.74. The molecule has 0 radical (unpaired) electrons. The Kier molecular flexibility index (Phi) is 4.24. The quantitative estimate of drug-likeness (QED) is 0.679. The molecule has 1 heterocycles. The average Bonchev–Trinajstić information content (AvgIpc) is 2.61. The Bertz CT molecular complexity index is 830. The van der Waals surface area contributed by atoms with Crippen LogP contribution in [0.15, 0.2) is 60.9 Å². The van der Waals surface area contributed by atoms with Crippen LogP contribution in [0.1, 0.15) is 28.9 Å². The van der Waals surface area contributed by atoms with E-state index in [-0.39, 0.29) is 12.1 Å². The number of carbonyl (C=O) groups is 1. The van der Waals surface area contributed by atoms with Crippen molar-refractivity contribution < 1.29 is 14.3 Å². The molecule has 0 saturated heterocycles. The van der Waals surface area contributed by atoms with Crippen molar-refractivity contribution in [3.63, 3.8) is 0 Å². The minimum atomic E-state index is -0.341.